The Kier molecular flexibility index (Phi) is 5.22. The topological polar surface area (TPSA) is 94.3 Å². The summed E-state index contributed by atoms with van der Waals surface area (Å²) in [7, 11) is -3.39. The van der Waals surface area contributed by atoms with Crippen molar-refractivity contribution in [2.45, 2.75) is 32.8 Å². The summed E-state index contributed by atoms with van der Waals surface area (Å²) < 4.78 is 60.1. The molecule has 3 aliphatic rings. The molecule has 2 aliphatic carbocycles. The lowest BCUT2D eigenvalue weighted by Gasteiger charge is -2.47. The first-order valence-corrected chi connectivity index (χ1v) is 12.2. The second kappa shape index (κ2) is 7.28. The number of allylic oxidation sites excluding steroid dienone is 2. The normalized spacial score (nSPS) is 32.0. The molecule has 31 heavy (non-hydrogen) atoms. The highest BCUT2D eigenvalue weighted by molar-refractivity contribution is 7.88. The van der Waals surface area contributed by atoms with Gasteiger partial charge in [0.05, 0.1) is 30.2 Å². The number of sulfonamides is 1. The summed E-state index contributed by atoms with van der Waals surface area (Å²) in [5, 5.41) is 17.3. The average molecular weight is 452 g/mol. The molecular formula is C22H27F2N3O3S. The van der Waals surface area contributed by atoms with Crippen molar-refractivity contribution in [3.8, 4) is 0 Å². The van der Waals surface area contributed by atoms with Crippen molar-refractivity contribution in [3.05, 3.63) is 47.0 Å². The summed E-state index contributed by atoms with van der Waals surface area (Å²) >= 11 is 0. The van der Waals surface area contributed by atoms with Crippen molar-refractivity contribution < 1.29 is 21.9 Å². The van der Waals surface area contributed by atoms with Gasteiger partial charge in [0.15, 0.2) is 0 Å². The molecule has 168 valence electrons. The third kappa shape index (κ3) is 3.20. The van der Waals surface area contributed by atoms with Crippen LogP contribution in [0.3, 0.4) is 0 Å². The molecule has 9 heteroatoms. The van der Waals surface area contributed by atoms with Crippen LogP contribution >= 0.6 is 0 Å². The smallest absolute Gasteiger partial charge is 0.211 e. The Hall–Kier alpha value is -1.97. The number of nitrogens with one attached hydrogen (secondary N) is 2. The summed E-state index contributed by atoms with van der Waals surface area (Å²) in [6.07, 6.45) is 3.51. The Morgan fingerprint density at radius 3 is 2.55 bits per heavy atom. The van der Waals surface area contributed by atoms with Crippen molar-refractivity contribution in [1.29, 1.82) is 10.8 Å². The van der Waals surface area contributed by atoms with Crippen LogP contribution in [0.1, 0.15) is 32.3 Å². The van der Waals surface area contributed by atoms with Gasteiger partial charge in [-0.15, -0.1) is 0 Å². The Balaban J connectivity index is 1.73. The molecule has 0 radical (unpaired) electrons. The van der Waals surface area contributed by atoms with Gasteiger partial charge >= 0.3 is 0 Å². The first-order valence-electron chi connectivity index (χ1n) is 10.3. The molecule has 6 nitrogen and oxygen atoms in total. The number of hydrogen-bond donors (Lipinski definition) is 2. The first kappa shape index (κ1) is 22.2. The van der Waals surface area contributed by atoms with E-state index in [4.69, 9.17) is 15.6 Å². The molecule has 2 saturated carbocycles. The average Bonchev–Trinajstić information content (AvgIpc) is 3.03. The van der Waals surface area contributed by atoms with E-state index in [2.05, 4.69) is 0 Å². The van der Waals surface area contributed by atoms with E-state index in [9.17, 15) is 17.2 Å². The monoisotopic (exact) mass is 451 g/mol. The Morgan fingerprint density at radius 1 is 1.29 bits per heavy atom. The Bertz CT molecular complexity index is 1080. The van der Waals surface area contributed by atoms with Gasteiger partial charge in [0.1, 0.15) is 11.6 Å². The molecule has 1 heterocycles. The molecule has 0 spiro atoms. The molecule has 4 rings (SSSR count). The van der Waals surface area contributed by atoms with Gasteiger partial charge in [-0.25, -0.2) is 17.2 Å². The number of benzene rings is 1. The van der Waals surface area contributed by atoms with E-state index in [-0.39, 0.29) is 37.0 Å². The van der Waals surface area contributed by atoms with Crippen LogP contribution in [0.15, 0.2) is 29.8 Å². The van der Waals surface area contributed by atoms with Crippen molar-refractivity contribution in [2.75, 3.05) is 26.0 Å². The lowest BCUT2D eigenvalue weighted by atomic mass is 9.64. The maximum Gasteiger partial charge on any atom is 0.211 e. The Morgan fingerprint density at radius 2 is 1.94 bits per heavy atom. The molecule has 2 bridgehead atoms. The Labute approximate surface area is 181 Å². The van der Waals surface area contributed by atoms with Crippen LogP contribution in [0.25, 0.3) is 0 Å². The standard InChI is InChI=1S/C22H27F2N3O3S/c1-21(2)14-7-8-22(21,18-12-27(9-10-30-18)31(3,28)29)20(26)13(14)11-17(25)19-15(23)5-4-6-16(19)24/h4-6,11,14,18,25-26H,7-10,12H2,1-3H3/b13-11-,25-17?,26-20?/t14-,18+,22?/m0/s1. The summed E-state index contributed by atoms with van der Waals surface area (Å²) in [6, 6.07) is 3.47. The predicted molar refractivity (Wildman–Crippen MR) is 114 cm³/mol. The molecule has 1 aromatic carbocycles. The quantitative estimate of drug-likeness (QED) is 0.687. The molecule has 1 aliphatic heterocycles. The molecular weight excluding hydrogens is 424 g/mol. The maximum atomic E-state index is 14.2. The van der Waals surface area contributed by atoms with Gasteiger partial charge in [-0.1, -0.05) is 19.9 Å². The fourth-order valence-corrected chi connectivity index (χ4v) is 6.72. The fourth-order valence-electron chi connectivity index (χ4n) is 5.91. The molecule has 1 aromatic rings. The third-order valence-electron chi connectivity index (χ3n) is 7.54. The van der Waals surface area contributed by atoms with Gasteiger partial charge in [0, 0.05) is 24.2 Å². The molecule has 0 aromatic heterocycles. The van der Waals surface area contributed by atoms with Gasteiger partial charge in [-0.3, -0.25) is 0 Å². The summed E-state index contributed by atoms with van der Waals surface area (Å²) in [5.74, 6) is -1.71. The zero-order chi connectivity index (χ0) is 22.8. The number of halogens is 2. The third-order valence-corrected chi connectivity index (χ3v) is 8.81. The number of morpholine rings is 1. The van der Waals surface area contributed by atoms with Gasteiger partial charge < -0.3 is 15.6 Å². The van der Waals surface area contributed by atoms with Crippen LogP contribution in [-0.2, 0) is 14.8 Å². The molecule has 3 atom stereocenters. The number of ether oxygens (including phenoxy) is 1. The largest absolute Gasteiger partial charge is 0.374 e. The number of fused-ring (bicyclic) bond motifs is 2. The first-order chi connectivity index (χ1) is 14.4. The SMILES string of the molecule is CC1(C)[C@H]2CCC1([C@H]1CN(S(C)(=O)=O)CCO1)C(=N)/C2=C\C(=N)c1c(F)cccc1F. The van der Waals surface area contributed by atoms with E-state index < -0.39 is 44.2 Å². The van der Waals surface area contributed by atoms with Crippen LogP contribution in [0.4, 0.5) is 8.78 Å². The van der Waals surface area contributed by atoms with Crippen LogP contribution in [-0.4, -0.2) is 56.2 Å². The molecule has 0 amide bonds. The second-order valence-corrected chi connectivity index (χ2v) is 11.2. The van der Waals surface area contributed by atoms with Gasteiger partial charge in [0.2, 0.25) is 10.0 Å². The number of hydrogen-bond acceptors (Lipinski definition) is 5. The van der Waals surface area contributed by atoms with Crippen molar-refractivity contribution in [1.82, 2.24) is 4.31 Å². The summed E-state index contributed by atoms with van der Waals surface area (Å²) in [4.78, 5) is 0. The van der Waals surface area contributed by atoms with E-state index in [1.807, 2.05) is 13.8 Å². The van der Waals surface area contributed by atoms with Gasteiger partial charge in [-0.2, -0.15) is 4.31 Å². The van der Waals surface area contributed by atoms with E-state index in [1.165, 1.54) is 22.7 Å². The van der Waals surface area contributed by atoms with Crippen molar-refractivity contribution >= 4 is 21.4 Å². The number of nitrogens with zero attached hydrogens (tertiary/aromatic N) is 1. The van der Waals surface area contributed by atoms with E-state index in [0.717, 1.165) is 18.6 Å². The lowest BCUT2D eigenvalue weighted by molar-refractivity contribution is -0.0812. The van der Waals surface area contributed by atoms with Gasteiger partial charge in [-0.05, 0) is 48.0 Å². The summed E-state index contributed by atoms with van der Waals surface area (Å²) in [6.45, 7) is 4.78. The minimum Gasteiger partial charge on any atom is -0.374 e. The molecule has 1 unspecified atom stereocenters. The predicted octanol–water partition coefficient (Wildman–Crippen LogP) is 3.38. The lowest BCUT2D eigenvalue weighted by Crippen LogP contribution is -2.56. The highest BCUT2D eigenvalue weighted by Crippen LogP contribution is 2.68. The van der Waals surface area contributed by atoms with Crippen LogP contribution in [0.2, 0.25) is 0 Å². The second-order valence-electron chi connectivity index (χ2n) is 9.25. The molecule has 3 fully saturated rings. The summed E-state index contributed by atoms with van der Waals surface area (Å²) in [5.41, 5.74) is -0.985. The van der Waals surface area contributed by atoms with E-state index in [1.54, 1.807) is 0 Å². The van der Waals surface area contributed by atoms with Crippen LogP contribution in [0.5, 0.6) is 0 Å². The van der Waals surface area contributed by atoms with Crippen molar-refractivity contribution in [3.63, 3.8) is 0 Å². The van der Waals surface area contributed by atoms with Crippen LogP contribution < -0.4 is 0 Å². The van der Waals surface area contributed by atoms with Gasteiger partial charge in [0.25, 0.3) is 0 Å². The highest BCUT2D eigenvalue weighted by atomic mass is 32.2. The molecule has 2 N–H and O–H groups in total. The minimum absolute atomic E-state index is 0.0765. The van der Waals surface area contributed by atoms with E-state index in [0.29, 0.717) is 12.0 Å². The van der Waals surface area contributed by atoms with Crippen molar-refractivity contribution in [2.24, 2.45) is 16.7 Å². The zero-order valence-electron chi connectivity index (χ0n) is 17.8. The van der Waals surface area contributed by atoms with Crippen LogP contribution in [0, 0.1) is 39.2 Å². The van der Waals surface area contributed by atoms with E-state index >= 15 is 0 Å². The maximum absolute atomic E-state index is 14.2. The fraction of sp³-hybridized carbons (Fsp3) is 0.545. The highest BCUT2D eigenvalue weighted by Gasteiger charge is 2.68. The zero-order valence-corrected chi connectivity index (χ0v) is 18.7. The minimum atomic E-state index is -3.39. The molecule has 1 saturated heterocycles. The number of rotatable bonds is 4.